The summed E-state index contributed by atoms with van der Waals surface area (Å²) in [6.45, 7) is 5.09. The molecule has 0 aliphatic rings. The van der Waals surface area contributed by atoms with Crippen LogP contribution in [0.4, 0.5) is 5.82 Å². The van der Waals surface area contributed by atoms with Crippen LogP contribution in [0.2, 0.25) is 0 Å². The van der Waals surface area contributed by atoms with Crippen molar-refractivity contribution in [3.05, 3.63) is 11.8 Å². The summed E-state index contributed by atoms with van der Waals surface area (Å²) in [7, 11) is 0. The molecule has 1 aromatic heterocycles. The lowest BCUT2D eigenvalue weighted by atomic mass is 10.2. The van der Waals surface area contributed by atoms with Crippen molar-refractivity contribution in [1.29, 1.82) is 0 Å². The molecule has 2 N–H and O–H groups in total. The van der Waals surface area contributed by atoms with Crippen molar-refractivity contribution in [1.82, 2.24) is 10.2 Å². The lowest BCUT2D eigenvalue weighted by molar-refractivity contribution is -0.117. The highest BCUT2D eigenvalue weighted by Crippen LogP contribution is 2.07. The highest BCUT2D eigenvalue weighted by atomic mass is 16.5. The van der Waals surface area contributed by atoms with Gasteiger partial charge in [-0.1, -0.05) is 13.3 Å². The minimum Gasteiger partial charge on any atom is -0.381 e. The standard InChI is InChI=1S/C11H19N3O2/c1-3-5-9-8-10(14-13-9)12-11(15)6-7-16-4-2/h8H,3-7H2,1-2H3,(H2,12,13,14,15). The minimum absolute atomic E-state index is 0.0667. The van der Waals surface area contributed by atoms with E-state index in [1.54, 1.807) is 0 Å². The third kappa shape index (κ3) is 4.44. The molecule has 90 valence electrons. The number of amides is 1. The van der Waals surface area contributed by atoms with Crippen LogP contribution in [0.3, 0.4) is 0 Å². The Balaban J connectivity index is 2.31. The smallest absolute Gasteiger partial charge is 0.227 e. The summed E-state index contributed by atoms with van der Waals surface area (Å²) in [5, 5.41) is 9.61. The van der Waals surface area contributed by atoms with Crippen LogP contribution in [0.5, 0.6) is 0 Å². The molecule has 0 radical (unpaired) electrons. The normalized spacial score (nSPS) is 10.4. The Morgan fingerprint density at radius 2 is 2.38 bits per heavy atom. The van der Waals surface area contributed by atoms with Crippen molar-refractivity contribution in [2.45, 2.75) is 33.1 Å². The summed E-state index contributed by atoms with van der Waals surface area (Å²) in [6.07, 6.45) is 2.37. The van der Waals surface area contributed by atoms with Crippen molar-refractivity contribution >= 4 is 11.7 Å². The van der Waals surface area contributed by atoms with Gasteiger partial charge >= 0.3 is 0 Å². The van der Waals surface area contributed by atoms with E-state index in [0.29, 0.717) is 25.5 Å². The van der Waals surface area contributed by atoms with Crippen LogP contribution in [0.15, 0.2) is 6.07 Å². The number of aryl methyl sites for hydroxylation is 1. The third-order valence-corrected chi connectivity index (χ3v) is 2.10. The first kappa shape index (κ1) is 12.7. The molecule has 0 unspecified atom stereocenters. The fourth-order valence-corrected chi connectivity index (χ4v) is 1.34. The van der Waals surface area contributed by atoms with Crippen molar-refractivity contribution in [2.75, 3.05) is 18.5 Å². The molecule has 0 aromatic carbocycles. The number of carbonyl (C=O) groups is 1. The molecule has 0 fully saturated rings. The SMILES string of the molecule is CCCc1cc(NC(=O)CCOCC)n[nH]1. The van der Waals surface area contributed by atoms with E-state index in [-0.39, 0.29) is 5.91 Å². The van der Waals surface area contributed by atoms with Gasteiger partial charge in [-0.3, -0.25) is 9.89 Å². The second kappa shape index (κ2) is 7.00. The quantitative estimate of drug-likeness (QED) is 0.694. The molecule has 0 bridgehead atoms. The van der Waals surface area contributed by atoms with E-state index < -0.39 is 0 Å². The summed E-state index contributed by atoms with van der Waals surface area (Å²) < 4.78 is 5.10. The molecule has 16 heavy (non-hydrogen) atoms. The lowest BCUT2D eigenvalue weighted by Gasteiger charge is -2.01. The van der Waals surface area contributed by atoms with Gasteiger partial charge < -0.3 is 10.1 Å². The zero-order valence-corrected chi connectivity index (χ0v) is 9.88. The monoisotopic (exact) mass is 225 g/mol. The largest absolute Gasteiger partial charge is 0.381 e. The number of hydrogen-bond acceptors (Lipinski definition) is 3. The van der Waals surface area contributed by atoms with Crippen LogP contribution in [0.25, 0.3) is 0 Å². The molecule has 0 spiro atoms. The van der Waals surface area contributed by atoms with E-state index in [9.17, 15) is 4.79 Å². The van der Waals surface area contributed by atoms with Crippen LogP contribution in [0, 0.1) is 0 Å². The summed E-state index contributed by atoms with van der Waals surface area (Å²) in [6, 6.07) is 1.86. The van der Waals surface area contributed by atoms with Gasteiger partial charge in [0, 0.05) is 18.4 Å². The average molecular weight is 225 g/mol. The number of carbonyl (C=O) groups excluding carboxylic acids is 1. The van der Waals surface area contributed by atoms with Gasteiger partial charge in [-0.05, 0) is 13.3 Å². The van der Waals surface area contributed by atoms with E-state index in [2.05, 4.69) is 22.4 Å². The van der Waals surface area contributed by atoms with Gasteiger partial charge in [0.05, 0.1) is 13.0 Å². The maximum Gasteiger partial charge on any atom is 0.227 e. The van der Waals surface area contributed by atoms with Crippen molar-refractivity contribution in [3.63, 3.8) is 0 Å². The van der Waals surface area contributed by atoms with Crippen molar-refractivity contribution in [3.8, 4) is 0 Å². The van der Waals surface area contributed by atoms with Crippen LogP contribution in [-0.4, -0.2) is 29.3 Å². The number of anilines is 1. The molecule has 0 saturated heterocycles. The van der Waals surface area contributed by atoms with E-state index in [0.717, 1.165) is 18.5 Å². The first-order valence-corrected chi connectivity index (χ1v) is 5.68. The van der Waals surface area contributed by atoms with E-state index >= 15 is 0 Å². The maximum absolute atomic E-state index is 11.4. The Morgan fingerprint density at radius 3 is 3.06 bits per heavy atom. The second-order valence-electron chi connectivity index (χ2n) is 3.52. The maximum atomic E-state index is 11.4. The molecule has 0 saturated carbocycles. The summed E-state index contributed by atoms with van der Waals surface area (Å²) in [4.78, 5) is 11.4. The molecular formula is C11H19N3O2. The highest BCUT2D eigenvalue weighted by Gasteiger charge is 2.05. The number of ether oxygens (including phenoxy) is 1. The van der Waals surface area contributed by atoms with Crippen LogP contribution < -0.4 is 5.32 Å². The van der Waals surface area contributed by atoms with Gasteiger partial charge in [0.25, 0.3) is 0 Å². The van der Waals surface area contributed by atoms with Gasteiger partial charge in [0.1, 0.15) is 0 Å². The zero-order chi connectivity index (χ0) is 11.8. The molecule has 0 atom stereocenters. The third-order valence-electron chi connectivity index (χ3n) is 2.10. The second-order valence-corrected chi connectivity index (χ2v) is 3.52. The molecule has 5 nitrogen and oxygen atoms in total. The Hall–Kier alpha value is -1.36. The van der Waals surface area contributed by atoms with Gasteiger partial charge in [0.2, 0.25) is 5.91 Å². The average Bonchev–Trinajstić information content (AvgIpc) is 2.66. The number of aromatic nitrogens is 2. The van der Waals surface area contributed by atoms with E-state index in [1.807, 2.05) is 13.0 Å². The van der Waals surface area contributed by atoms with Crippen LogP contribution >= 0.6 is 0 Å². The fraction of sp³-hybridized carbons (Fsp3) is 0.636. The summed E-state index contributed by atoms with van der Waals surface area (Å²) in [5.74, 6) is 0.521. The molecule has 1 aromatic rings. The van der Waals surface area contributed by atoms with E-state index in [4.69, 9.17) is 4.74 Å². The fourth-order valence-electron chi connectivity index (χ4n) is 1.34. The number of H-pyrrole nitrogens is 1. The summed E-state index contributed by atoms with van der Waals surface area (Å²) in [5.41, 5.74) is 1.04. The Morgan fingerprint density at radius 1 is 1.56 bits per heavy atom. The first-order valence-electron chi connectivity index (χ1n) is 5.68. The minimum atomic E-state index is -0.0667. The number of hydrogen-bond donors (Lipinski definition) is 2. The molecular weight excluding hydrogens is 206 g/mol. The zero-order valence-electron chi connectivity index (χ0n) is 9.88. The van der Waals surface area contributed by atoms with Gasteiger partial charge in [-0.2, -0.15) is 5.10 Å². The predicted molar refractivity (Wildman–Crippen MR) is 62.3 cm³/mol. The molecule has 1 heterocycles. The molecule has 5 heteroatoms. The predicted octanol–water partition coefficient (Wildman–Crippen LogP) is 1.73. The molecule has 1 amide bonds. The number of nitrogens with one attached hydrogen (secondary N) is 2. The Kier molecular flexibility index (Phi) is 5.56. The summed E-state index contributed by atoms with van der Waals surface area (Å²) >= 11 is 0. The topological polar surface area (TPSA) is 67.0 Å². The lowest BCUT2D eigenvalue weighted by Crippen LogP contribution is -2.14. The van der Waals surface area contributed by atoms with E-state index in [1.165, 1.54) is 0 Å². The van der Waals surface area contributed by atoms with Crippen LogP contribution in [-0.2, 0) is 16.0 Å². The number of rotatable bonds is 7. The molecule has 0 aliphatic carbocycles. The Labute approximate surface area is 95.6 Å². The first-order chi connectivity index (χ1) is 7.76. The molecule has 1 rings (SSSR count). The Bertz CT molecular complexity index is 323. The van der Waals surface area contributed by atoms with Crippen LogP contribution in [0.1, 0.15) is 32.4 Å². The van der Waals surface area contributed by atoms with Crippen molar-refractivity contribution < 1.29 is 9.53 Å². The number of nitrogens with zero attached hydrogens (tertiary/aromatic N) is 1. The van der Waals surface area contributed by atoms with Crippen molar-refractivity contribution in [2.24, 2.45) is 0 Å². The number of aromatic amines is 1. The van der Waals surface area contributed by atoms with Gasteiger partial charge in [-0.15, -0.1) is 0 Å². The highest BCUT2D eigenvalue weighted by molar-refractivity contribution is 5.89. The van der Waals surface area contributed by atoms with Gasteiger partial charge in [-0.25, -0.2) is 0 Å². The van der Waals surface area contributed by atoms with Gasteiger partial charge in [0.15, 0.2) is 5.82 Å². The molecule has 0 aliphatic heterocycles.